The predicted octanol–water partition coefficient (Wildman–Crippen LogP) is 2.93. The van der Waals surface area contributed by atoms with Crippen molar-refractivity contribution >= 4 is 47.5 Å². The number of pyridine rings is 1. The normalized spacial score (nSPS) is 14.7. The first-order chi connectivity index (χ1) is 14.6. The molecule has 1 N–H and O–H groups in total. The first-order valence-electron chi connectivity index (χ1n) is 10.7. The zero-order chi connectivity index (χ0) is 22.6. The van der Waals surface area contributed by atoms with Crippen molar-refractivity contribution in [3.05, 3.63) is 36.0 Å². The number of hydrogen-bond acceptors (Lipinski definition) is 6. The van der Waals surface area contributed by atoms with E-state index in [1.807, 2.05) is 46.0 Å². The van der Waals surface area contributed by atoms with Gasteiger partial charge in [-0.1, -0.05) is 0 Å². The van der Waals surface area contributed by atoms with Gasteiger partial charge in [0.2, 0.25) is 0 Å². The Bertz CT molecular complexity index is 939. The molecule has 169 valence electrons. The van der Waals surface area contributed by atoms with E-state index in [0.29, 0.717) is 24.0 Å². The molecule has 1 aromatic carbocycles. The molecule has 2 heterocycles. The van der Waals surface area contributed by atoms with Crippen molar-refractivity contribution in [2.75, 3.05) is 51.2 Å². The van der Waals surface area contributed by atoms with Gasteiger partial charge in [0, 0.05) is 75.9 Å². The SMILES string of the molecule is CN(CCCN1CCN(C(=O)OC(C)(C)C)CC1)c1ccc2nccc(C(=O)O)c2c1.[Li]. The summed E-state index contributed by atoms with van der Waals surface area (Å²) in [5, 5.41) is 10.1. The van der Waals surface area contributed by atoms with Crippen molar-refractivity contribution in [1.82, 2.24) is 14.8 Å². The molecule has 1 aliphatic heterocycles. The van der Waals surface area contributed by atoms with Crippen LogP contribution in [0.15, 0.2) is 30.5 Å². The van der Waals surface area contributed by atoms with Crippen molar-refractivity contribution in [2.45, 2.75) is 32.8 Å². The smallest absolute Gasteiger partial charge is 0.410 e. The minimum atomic E-state index is -0.947. The number of aromatic nitrogens is 1. The molecule has 1 aromatic heterocycles. The number of rotatable bonds is 6. The van der Waals surface area contributed by atoms with E-state index in [9.17, 15) is 14.7 Å². The average Bonchev–Trinajstić information content (AvgIpc) is 2.72. The maximum atomic E-state index is 12.2. The number of fused-ring (bicyclic) bond motifs is 1. The number of nitrogens with zero attached hydrogens (tertiary/aromatic N) is 4. The second-order valence-electron chi connectivity index (χ2n) is 8.95. The summed E-state index contributed by atoms with van der Waals surface area (Å²) in [5.74, 6) is -0.947. The molecule has 0 bridgehead atoms. The second kappa shape index (κ2) is 11.0. The fourth-order valence-corrected chi connectivity index (χ4v) is 3.70. The van der Waals surface area contributed by atoms with Gasteiger partial charge < -0.3 is 19.6 Å². The Morgan fingerprint density at radius 2 is 1.84 bits per heavy atom. The number of aromatic carboxylic acids is 1. The van der Waals surface area contributed by atoms with Crippen molar-refractivity contribution in [2.24, 2.45) is 0 Å². The van der Waals surface area contributed by atoms with Crippen LogP contribution in [0.5, 0.6) is 0 Å². The molecule has 0 atom stereocenters. The Hall–Kier alpha value is -2.27. The van der Waals surface area contributed by atoms with Gasteiger partial charge >= 0.3 is 12.1 Å². The van der Waals surface area contributed by atoms with Gasteiger partial charge in [0.1, 0.15) is 5.60 Å². The van der Waals surface area contributed by atoms with E-state index in [0.717, 1.165) is 38.3 Å². The van der Waals surface area contributed by atoms with Crippen LogP contribution in [-0.4, -0.2) is 103 Å². The molecule has 1 aliphatic rings. The van der Waals surface area contributed by atoms with Gasteiger partial charge in [-0.15, -0.1) is 0 Å². The van der Waals surface area contributed by atoms with Gasteiger partial charge in [0.15, 0.2) is 0 Å². The first kappa shape index (κ1) is 26.0. The maximum Gasteiger partial charge on any atom is 0.410 e. The van der Waals surface area contributed by atoms with E-state index in [-0.39, 0.29) is 30.5 Å². The Labute approximate surface area is 201 Å². The largest absolute Gasteiger partial charge is 0.478 e. The molecule has 0 spiro atoms. The van der Waals surface area contributed by atoms with Crippen molar-refractivity contribution in [3.8, 4) is 0 Å². The van der Waals surface area contributed by atoms with Crippen molar-refractivity contribution in [3.63, 3.8) is 0 Å². The van der Waals surface area contributed by atoms with Gasteiger partial charge in [0.05, 0.1) is 11.1 Å². The quantitative estimate of drug-likeness (QED) is 0.698. The van der Waals surface area contributed by atoms with E-state index in [1.165, 1.54) is 12.3 Å². The molecule has 0 aliphatic carbocycles. The molecule has 0 unspecified atom stereocenters. The molecule has 3 rings (SSSR count). The van der Waals surface area contributed by atoms with Crippen LogP contribution in [0.3, 0.4) is 0 Å². The number of carbonyl (C=O) groups is 2. The summed E-state index contributed by atoms with van der Waals surface area (Å²) in [4.78, 5) is 34.2. The van der Waals surface area contributed by atoms with Crippen molar-refractivity contribution < 1.29 is 19.4 Å². The molecular weight excluding hydrogens is 403 g/mol. The minimum Gasteiger partial charge on any atom is -0.478 e. The third-order valence-corrected chi connectivity index (χ3v) is 5.39. The van der Waals surface area contributed by atoms with E-state index in [1.54, 1.807) is 4.90 Å². The van der Waals surface area contributed by atoms with E-state index < -0.39 is 11.6 Å². The van der Waals surface area contributed by atoms with Crippen LogP contribution in [-0.2, 0) is 4.74 Å². The first-order valence-corrected chi connectivity index (χ1v) is 10.7. The molecule has 1 saturated heterocycles. The fourth-order valence-electron chi connectivity index (χ4n) is 3.70. The van der Waals surface area contributed by atoms with Crippen LogP contribution in [0.25, 0.3) is 10.9 Å². The number of carboxylic acid groups (broad SMARTS) is 1. The van der Waals surface area contributed by atoms with Gasteiger partial charge in [-0.3, -0.25) is 9.88 Å². The van der Waals surface area contributed by atoms with Crippen LogP contribution in [0.2, 0.25) is 0 Å². The van der Waals surface area contributed by atoms with Crippen LogP contribution in [0, 0.1) is 0 Å². The van der Waals surface area contributed by atoms with Gasteiger partial charge in [-0.25, -0.2) is 9.59 Å². The number of benzene rings is 1. The Morgan fingerprint density at radius 1 is 1.16 bits per heavy atom. The molecule has 9 heteroatoms. The number of carbonyl (C=O) groups excluding carboxylic acids is 1. The van der Waals surface area contributed by atoms with E-state index in [2.05, 4.69) is 14.8 Å². The number of anilines is 1. The summed E-state index contributed by atoms with van der Waals surface area (Å²) in [6.07, 6.45) is 2.26. The third-order valence-electron chi connectivity index (χ3n) is 5.39. The molecule has 32 heavy (non-hydrogen) atoms. The number of amides is 1. The summed E-state index contributed by atoms with van der Waals surface area (Å²) >= 11 is 0. The maximum absolute atomic E-state index is 12.2. The molecular formula is C23H32LiN4O4. The Morgan fingerprint density at radius 3 is 2.47 bits per heavy atom. The average molecular weight is 435 g/mol. The Balaban J connectivity index is 0.00000363. The fraction of sp³-hybridized carbons (Fsp3) is 0.522. The molecule has 8 nitrogen and oxygen atoms in total. The van der Waals surface area contributed by atoms with Gasteiger partial charge in [0.25, 0.3) is 0 Å². The molecule has 1 radical (unpaired) electrons. The topological polar surface area (TPSA) is 86.2 Å². The van der Waals surface area contributed by atoms with Gasteiger partial charge in [-0.2, -0.15) is 0 Å². The summed E-state index contributed by atoms with van der Waals surface area (Å²) in [7, 11) is 2.01. The number of carboxylic acids is 1. The molecule has 2 aromatic rings. The number of hydrogen-bond donors (Lipinski definition) is 1. The summed E-state index contributed by atoms with van der Waals surface area (Å²) in [6, 6.07) is 7.26. The third kappa shape index (κ3) is 6.86. The van der Waals surface area contributed by atoms with E-state index >= 15 is 0 Å². The van der Waals surface area contributed by atoms with E-state index in [4.69, 9.17) is 4.74 Å². The molecule has 0 saturated carbocycles. The summed E-state index contributed by atoms with van der Waals surface area (Å²) in [6.45, 7) is 10.5. The monoisotopic (exact) mass is 435 g/mol. The van der Waals surface area contributed by atoms with Crippen molar-refractivity contribution in [1.29, 1.82) is 0 Å². The summed E-state index contributed by atoms with van der Waals surface area (Å²) < 4.78 is 5.45. The number of ether oxygens (including phenoxy) is 1. The van der Waals surface area contributed by atoms with Crippen LogP contribution in [0.1, 0.15) is 37.6 Å². The predicted molar refractivity (Wildman–Crippen MR) is 127 cm³/mol. The zero-order valence-electron chi connectivity index (χ0n) is 19.8. The zero-order valence-corrected chi connectivity index (χ0v) is 19.8. The van der Waals surface area contributed by atoms with Crippen LogP contribution < -0.4 is 4.90 Å². The minimum absolute atomic E-state index is 0. The van der Waals surface area contributed by atoms with Crippen LogP contribution >= 0.6 is 0 Å². The van der Waals surface area contributed by atoms with Crippen LogP contribution in [0.4, 0.5) is 10.5 Å². The molecule has 1 amide bonds. The second-order valence-corrected chi connectivity index (χ2v) is 8.95. The Kier molecular flexibility index (Phi) is 8.96. The standard InChI is InChI=1S/C23H32N4O4.Li/c1-23(2,3)31-22(30)27-14-12-26(13-15-27)11-5-10-25(4)17-6-7-20-19(16-17)18(21(28)29)8-9-24-20;/h6-9,16H,5,10-15H2,1-4H3,(H,28,29);. The summed E-state index contributed by atoms with van der Waals surface area (Å²) in [5.41, 5.74) is 1.45. The molecule has 1 fully saturated rings. The van der Waals surface area contributed by atoms with Gasteiger partial charge in [-0.05, 0) is 58.0 Å². The number of piperazine rings is 1.